The largest absolute Gasteiger partial charge is 0.505 e. The Balaban J connectivity index is 4.65. The zero-order valence-electron chi connectivity index (χ0n) is 10.8. The number of carbonyl (C=O) groups excluding carboxylic acids is 1. The molecular formula is C10H23NO2Si2. The van der Waals surface area contributed by atoms with Gasteiger partial charge >= 0.3 is 6.09 Å². The van der Waals surface area contributed by atoms with Gasteiger partial charge in [-0.05, 0) is 19.6 Å². The number of nitrogens with zero attached hydrogens (tertiary/aromatic N) is 1. The third kappa shape index (κ3) is 5.79. The lowest BCUT2D eigenvalue weighted by atomic mass is 10.6. The van der Waals surface area contributed by atoms with Crippen LogP contribution in [-0.4, -0.2) is 33.8 Å². The lowest BCUT2D eigenvalue weighted by Crippen LogP contribution is -2.52. The van der Waals surface area contributed by atoms with Crippen molar-refractivity contribution in [3.8, 4) is 0 Å². The van der Waals surface area contributed by atoms with Crippen molar-refractivity contribution in [1.29, 1.82) is 0 Å². The number of carbonyl (C=O) groups is 1. The maximum absolute atomic E-state index is 11.9. The van der Waals surface area contributed by atoms with Crippen LogP contribution in [0.3, 0.4) is 0 Å². The predicted octanol–water partition coefficient (Wildman–Crippen LogP) is 3.28. The Bertz CT molecular complexity index is 241. The van der Waals surface area contributed by atoms with E-state index in [2.05, 4.69) is 26.2 Å². The molecule has 1 amide bonds. The van der Waals surface area contributed by atoms with Crippen LogP contribution in [0.25, 0.3) is 0 Å². The fraction of sp³-hybridized carbons (Fsp3) is 0.700. The molecule has 0 aliphatic heterocycles. The quantitative estimate of drug-likeness (QED) is 0.562. The monoisotopic (exact) mass is 245 g/mol. The molecule has 3 nitrogen and oxygen atoms in total. The van der Waals surface area contributed by atoms with Crippen LogP contribution in [0.5, 0.6) is 0 Å². The highest BCUT2D eigenvalue weighted by Gasteiger charge is 2.31. The molecule has 0 bridgehead atoms. The zero-order chi connectivity index (χ0) is 12.3. The Hall–Kier alpha value is -0.556. The number of hydrogen-bond acceptors (Lipinski definition) is 2. The van der Waals surface area contributed by atoms with Crippen molar-refractivity contribution < 1.29 is 9.22 Å². The molecule has 0 aromatic rings. The van der Waals surface area contributed by atoms with Crippen molar-refractivity contribution in [2.24, 2.45) is 0 Å². The first-order valence-corrected chi connectivity index (χ1v) is 12.0. The minimum atomic E-state index is -1.79. The van der Waals surface area contributed by atoms with E-state index in [4.69, 9.17) is 4.43 Å². The predicted molar refractivity (Wildman–Crippen MR) is 70.1 cm³/mol. The summed E-state index contributed by atoms with van der Waals surface area (Å²) in [4.78, 5) is 11.9. The van der Waals surface area contributed by atoms with Crippen LogP contribution in [0.4, 0.5) is 4.79 Å². The summed E-state index contributed by atoms with van der Waals surface area (Å²) in [6.07, 6.45) is 1.58. The van der Waals surface area contributed by atoms with Crippen LogP contribution in [0, 0.1) is 0 Å². The first-order valence-electron chi connectivity index (χ1n) is 5.19. The topological polar surface area (TPSA) is 29.5 Å². The molecule has 0 spiro atoms. The molecule has 5 heteroatoms. The number of hydrogen-bond donors (Lipinski definition) is 0. The van der Waals surface area contributed by atoms with Crippen LogP contribution in [-0.2, 0) is 4.43 Å². The van der Waals surface area contributed by atoms with Gasteiger partial charge in [-0.1, -0.05) is 25.7 Å². The van der Waals surface area contributed by atoms with E-state index in [-0.39, 0.29) is 6.09 Å². The smallest absolute Gasteiger partial charge is 0.388 e. The lowest BCUT2D eigenvalue weighted by molar-refractivity contribution is 0.178. The molecule has 0 rings (SSSR count). The number of amides is 1. The summed E-state index contributed by atoms with van der Waals surface area (Å²) in [6, 6.07) is 0. The molecule has 0 fully saturated rings. The van der Waals surface area contributed by atoms with E-state index in [0.29, 0.717) is 6.54 Å². The van der Waals surface area contributed by atoms with Crippen molar-refractivity contribution in [2.75, 3.05) is 6.54 Å². The summed E-state index contributed by atoms with van der Waals surface area (Å²) in [7, 11) is -3.45. The Morgan fingerprint density at radius 3 is 2.00 bits per heavy atom. The Labute approximate surface area is 95.3 Å². The standard InChI is InChI=1S/C10H23NO2Si2/c1-8-9-11(14(2,3)4)10(12)13-15(5,6)7/h8H,1,9H2,2-7H3. The van der Waals surface area contributed by atoms with Crippen LogP contribution < -0.4 is 0 Å². The molecule has 0 unspecified atom stereocenters. The minimum Gasteiger partial charge on any atom is -0.505 e. The Kier molecular flexibility index (Phi) is 4.80. The van der Waals surface area contributed by atoms with Gasteiger partial charge in [-0.2, -0.15) is 0 Å². The molecule has 0 N–H and O–H groups in total. The first-order chi connectivity index (χ1) is 6.58. The van der Waals surface area contributed by atoms with Crippen molar-refractivity contribution >= 4 is 22.6 Å². The second-order valence-electron chi connectivity index (χ2n) is 5.55. The molecule has 0 aliphatic carbocycles. The summed E-state index contributed by atoms with van der Waals surface area (Å²) in [6.45, 7) is 16.7. The van der Waals surface area contributed by atoms with Gasteiger partial charge in [0.25, 0.3) is 0 Å². The molecular weight excluding hydrogens is 222 g/mol. The van der Waals surface area contributed by atoms with E-state index < -0.39 is 16.6 Å². The van der Waals surface area contributed by atoms with Gasteiger partial charge < -0.3 is 8.99 Å². The summed E-state index contributed by atoms with van der Waals surface area (Å²) < 4.78 is 7.32. The summed E-state index contributed by atoms with van der Waals surface area (Å²) in [5, 5.41) is 0. The van der Waals surface area contributed by atoms with Gasteiger partial charge in [0.05, 0.1) is 0 Å². The molecule has 0 aromatic carbocycles. The summed E-state index contributed by atoms with van der Waals surface area (Å²) in [5.74, 6) is 0. The van der Waals surface area contributed by atoms with Crippen LogP contribution in [0.2, 0.25) is 39.3 Å². The summed E-state index contributed by atoms with van der Waals surface area (Å²) in [5.41, 5.74) is 0. The second-order valence-corrected chi connectivity index (χ2v) is 14.9. The molecule has 0 atom stereocenters. The molecule has 0 radical (unpaired) electrons. The van der Waals surface area contributed by atoms with Gasteiger partial charge in [-0.25, -0.2) is 4.79 Å². The fourth-order valence-electron chi connectivity index (χ4n) is 1.07. The van der Waals surface area contributed by atoms with Crippen molar-refractivity contribution in [1.82, 2.24) is 4.57 Å². The molecule has 0 saturated carbocycles. The third-order valence-corrected chi connectivity index (χ3v) is 4.51. The van der Waals surface area contributed by atoms with Crippen molar-refractivity contribution in [2.45, 2.75) is 39.3 Å². The SMILES string of the molecule is C=CCN(C(=O)O[Si](C)(C)C)[Si](C)(C)C. The van der Waals surface area contributed by atoms with Crippen molar-refractivity contribution in [3.63, 3.8) is 0 Å². The van der Waals surface area contributed by atoms with Gasteiger partial charge in [-0.3, -0.25) is 0 Å². The highest BCUT2D eigenvalue weighted by atomic mass is 28.4. The van der Waals surface area contributed by atoms with Gasteiger partial charge in [0.2, 0.25) is 8.32 Å². The van der Waals surface area contributed by atoms with E-state index >= 15 is 0 Å². The Morgan fingerprint density at radius 2 is 1.73 bits per heavy atom. The summed E-state index contributed by atoms with van der Waals surface area (Å²) >= 11 is 0. The first kappa shape index (κ1) is 14.4. The maximum atomic E-state index is 11.9. The fourth-order valence-corrected chi connectivity index (χ4v) is 3.06. The van der Waals surface area contributed by atoms with E-state index in [1.807, 2.05) is 24.2 Å². The number of rotatable bonds is 4. The van der Waals surface area contributed by atoms with Gasteiger partial charge in [0.1, 0.15) is 0 Å². The third-order valence-electron chi connectivity index (χ3n) is 1.74. The van der Waals surface area contributed by atoms with E-state index in [1.54, 1.807) is 6.08 Å². The van der Waals surface area contributed by atoms with E-state index in [1.165, 1.54) is 0 Å². The molecule has 0 aromatic heterocycles. The van der Waals surface area contributed by atoms with Crippen molar-refractivity contribution in [3.05, 3.63) is 12.7 Å². The normalized spacial score (nSPS) is 12.1. The minimum absolute atomic E-state index is 0.173. The molecule has 15 heavy (non-hydrogen) atoms. The molecule has 0 saturated heterocycles. The highest BCUT2D eigenvalue weighted by molar-refractivity contribution is 6.76. The van der Waals surface area contributed by atoms with Gasteiger partial charge in [0.15, 0.2) is 8.24 Å². The van der Waals surface area contributed by atoms with Gasteiger partial charge in [0, 0.05) is 6.54 Å². The van der Waals surface area contributed by atoms with E-state index in [0.717, 1.165) is 0 Å². The second kappa shape index (κ2) is 4.98. The van der Waals surface area contributed by atoms with Crippen LogP contribution in [0.15, 0.2) is 12.7 Å². The van der Waals surface area contributed by atoms with Gasteiger partial charge in [-0.15, -0.1) is 6.58 Å². The Morgan fingerprint density at radius 1 is 1.27 bits per heavy atom. The van der Waals surface area contributed by atoms with Crippen LogP contribution >= 0.6 is 0 Å². The zero-order valence-corrected chi connectivity index (χ0v) is 12.8. The molecule has 88 valence electrons. The van der Waals surface area contributed by atoms with Crippen LogP contribution in [0.1, 0.15) is 0 Å². The average Bonchev–Trinajstić information content (AvgIpc) is 1.93. The van der Waals surface area contributed by atoms with E-state index in [9.17, 15) is 4.79 Å². The highest BCUT2D eigenvalue weighted by Crippen LogP contribution is 2.14. The molecule has 0 heterocycles. The maximum Gasteiger partial charge on any atom is 0.388 e. The molecule has 0 aliphatic rings. The lowest BCUT2D eigenvalue weighted by Gasteiger charge is -2.34. The average molecular weight is 245 g/mol.